The molecule has 11 nitrogen and oxygen atoms in total. The van der Waals surface area contributed by atoms with Gasteiger partial charge in [-0.15, -0.1) is 0 Å². The summed E-state index contributed by atoms with van der Waals surface area (Å²) >= 11 is 0. The molecule has 2 saturated carbocycles. The monoisotopic (exact) mass is 638 g/mol. The van der Waals surface area contributed by atoms with Crippen LogP contribution >= 0.6 is 0 Å². The van der Waals surface area contributed by atoms with Gasteiger partial charge in [-0.1, -0.05) is 27.7 Å². The fourth-order valence-electron chi connectivity index (χ4n) is 8.01. The van der Waals surface area contributed by atoms with Crippen LogP contribution in [-0.2, 0) is 38.1 Å². The minimum Gasteiger partial charge on any atom is -0.484 e. The van der Waals surface area contributed by atoms with Crippen LogP contribution in [-0.4, -0.2) is 53.4 Å². The molecule has 46 heavy (non-hydrogen) atoms. The number of ether oxygens (including phenoxy) is 5. The van der Waals surface area contributed by atoms with Crippen LogP contribution < -0.4 is 10.4 Å². The van der Waals surface area contributed by atoms with Crippen LogP contribution in [0.25, 0.3) is 11.0 Å². The van der Waals surface area contributed by atoms with Crippen molar-refractivity contribution >= 4 is 34.8 Å². The first-order valence-corrected chi connectivity index (χ1v) is 15.8. The fraction of sp³-hybridized carbons (Fsp3) is 0.629. The van der Waals surface area contributed by atoms with E-state index in [1.165, 1.54) is 6.07 Å². The zero-order valence-corrected chi connectivity index (χ0v) is 27.9. The van der Waals surface area contributed by atoms with Crippen molar-refractivity contribution in [3.05, 3.63) is 40.2 Å². The third-order valence-electron chi connectivity index (χ3n) is 12.5. The van der Waals surface area contributed by atoms with Gasteiger partial charge >= 0.3 is 29.5 Å². The van der Waals surface area contributed by atoms with Gasteiger partial charge in [0.15, 0.2) is 6.10 Å². The van der Waals surface area contributed by atoms with Gasteiger partial charge in [-0.3, -0.25) is 9.59 Å². The van der Waals surface area contributed by atoms with Crippen molar-refractivity contribution in [3.8, 4) is 5.75 Å². The van der Waals surface area contributed by atoms with E-state index in [4.69, 9.17) is 28.1 Å². The summed E-state index contributed by atoms with van der Waals surface area (Å²) in [5.74, 6) is -2.08. The highest BCUT2D eigenvalue weighted by Crippen LogP contribution is 2.67. The molecule has 0 N–H and O–H groups in total. The largest absolute Gasteiger partial charge is 0.484 e. The lowest BCUT2D eigenvalue weighted by Gasteiger charge is -2.39. The summed E-state index contributed by atoms with van der Waals surface area (Å²) in [6, 6.07) is 6.42. The Bertz CT molecular complexity index is 1750. The van der Waals surface area contributed by atoms with Crippen molar-refractivity contribution in [1.29, 1.82) is 0 Å². The molecule has 5 atom stereocenters. The van der Waals surface area contributed by atoms with Crippen LogP contribution in [0.3, 0.4) is 0 Å². The Balaban J connectivity index is 1.31. The summed E-state index contributed by atoms with van der Waals surface area (Å²) < 4.78 is 35.2. The minimum atomic E-state index is -1.53. The molecule has 0 radical (unpaired) electrons. The van der Waals surface area contributed by atoms with Gasteiger partial charge in [-0.05, 0) is 78.0 Å². The van der Waals surface area contributed by atoms with Crippen LogP contribution in [0.4, 0.5) is 0 Å². The zero-order valence-electron chi connectivity index (χ0n) is 27.9. The summed E-state index contributed by atoms with van der Waals surface area (Å²) in [6.07, 6.45) is 0.310. The first kappa shape index (κ1) is 32.1. The number of hydrogen-bond donors (Lipinski definition) is 0. The molecule has 4 unspecified atom stereocenters. The predicted molar refractivity (Wildman–Crippen MR) is 163 cm³/mol. The Morgan fingerprint density at radius 2 is 1.37 bits per heavy atom. The number of hydrogen-bond acceptors (Lipinski definition) is 11. The second kappa shape index (κ2) is 9.58. The lowest BCUT2D eigenvalue weighted by atomic mass is 9.66. The molecular formula is C35H42O11. The Labute approximate surface area is 267 Å². The van der Waals surface area contributed by atoms with E-state index in [2.05, 4.69) is 0 Å². The van der Waals surface area contributed by atoms with Crippen molar-refractivity contribution in [2.24, 2.45) is 21.7 Å². The first-order valence-electron chi connectivity index (χ1n) is 15.8. The number of esters is 4. The lowest BCUT2D eigenvalue weighted by Crippen LogP contribution is -2.55. The van der Waals surface area contributed by atoms with Gasteiger partial charge in [-0.25, -0.2) is 14.4 Å². The zero-order chi connectivity index (χ0) is 33.9. The number of carbonyl (C=O) groups excluding carboxylic acids is 4. The average molecular weight is 639 g/mol. The van der Waals surface area contributed by atoms with Crippen LogP contribution in [0.5, 0.6) is 5.75 Å². The number of aryl methyl sites for hydroxylation is 1. The number of rotatable bonds is 8. The molecule has 2 saturated heterocycles. The fourth-order valence-corrected chi connectivity index (χ4v) is 8.01. The smallest absolute Gasteiger partial charge is 0.351 e. The molecule has 6 rings (SSSR count). The highest BCUT2D eigenvalue weighted by Gasteiger charge is 2.78. The van der Waals surface area contributed by atoms with E-state index in [1.54, 1.807) is 52.8 Å². The van der Waals surface area contributed by atoms with E-state index >= 15 is 0 Å². The molecule has 2 aliphatic carbocycles. The van der Waals surface area contributed by atoms with Crippen LogP contribution in [0.2, 0.25) is 0 Å². The van der Waals surface area contributed by atoms with E-state index in [0.29, 0.717) is 30.6 Å². The van der Waals surface area contributed by atoms with Crippen molar-refractivity contribution in [1.82, 2.24) is 0 Å². The first-order chi connectivity index (χ1) is 21.2. The molecule has 2 aromatic rings. The normalized spacial score (nSPS) is 32.6. The maximum atomic E-state index is 14.1. The van der Waals surface area contributed by atoms with Gasteiger partial charge in [-0.2, -0.15) is 0 Å². The quantitative estimate of drug-likeness (QED) is 0.220. The number of benzene rings is 1. The van der Waals surface area contributed by atoms with Crippen LogP contribution in [0.1, 0.15) is 86.6 Å². The van der Waals surface area contributed by atoms with Gasteiger partial charge in [0.25, 0.3) is 0 Å². The molecule has 4 aliphatic rings. The summed E-state index contributed by atoms with van der Waals surface area (Å²) in [5, 5.41) is 0.729. The van der Waals surface area contributed by atoms with E-state index in [1.807, 2.05) is 27.7 Å². The van der Waals surface area contributed by atoms with Crippen LogP contribution in [0, 0.1) is 28.6 Å². The third-order valence-corrected chi connectivity index (χ3v) is 12.5. The van der Waals surface area contributed by atoms with Gasteiger partial charge in [0.1, 0.15) is 23.5 Å². The molecule has 0 spiro atoms. The van der Waals surface area contributed by atoms with E-state index in [9.17, 15) is 24.0 Å². The Hall–Kier alpha value is -3.89. The summed E-state index contributed by atoms with van der Waals surface area (Å²) in [7, 11) is 0. The Morgan fingerprint density at radius 3 is 1.87 bits per heavy atom. The van der Waals surface area contributed by atoms with Gasteiger partial charge in [0, 0.05) is 28.3 Å². The van der Waals surface area contributed by atoms with Crippen molar-refractivity contribution in [2.45, 2.75) is 111 Å². The summed E-state index contributed by atoms with van der Waals surface area (Å²) in [4.78, 5) is 65.6. The van der Waals surface area contributed by atoms with E-state index in [-0.39, 0.29) is 6.42 Å². The molecule has 4 bridgehead atoms. The molecule has 4 fully saturated rings. The predicted octanol–water partition coefficient (Wildman–Crippen LogP) is 4.96. The molecule has 248 valence electrons. The standard InChI is InChI=1S/C35H42O11/c1-19-16-24(36)42-22-17-20(10-11-21(19)22)44-29(2,3)23(43-28(40)35-15-13-33(9,26(38)46-35)31(35,6)7)18-41-27(39)34-14-12-32(8,25(37)45-34)30(34,4)5/h10-11,16-17,23H,12-15,18H2,1-9H3/t23-,32?,33?,34?,35?/m1/s1. The average Bonchev–Trinajstić information content (AvgIpc) is 3.42. The molecule has 11 heteroatoms. The molecule has 0 amide bonds. The van der Waals surface area contributed by atoms with Gasteiger partial charge in [0.05, 0.1) is 10.8 Å². The molecule has 3 heterocycles. The topological polar surface area (TPSA) is 145 Å². The van der Waals surface area contributed by atoms with E-state index in [0.717, 1.165) is 10.9 Å². The molecule has 1 aromatic carbocycles. The molecule has 2 aliphatic heterocycles. The highest BCUT2D eigenvalue weighted by atomic mass is 16.6. The van der Waals surface area contributed by atoms with Crippen molar-refractivity contribution < 1.29 is 47.3 Å². The SMILES string of the molecule is Cc1cc(=O)oc2cc(OC(C)(C)[C@@H](COC(=O)C34CCC(C)(C(=O)O3)C4(C)C)OC(=O)C34CCC(C)(C(=O)O3)C4(C)C)ccc12. The van der Waals surface area contributed by atoms with Crippen molar-refractivity contribution in [2.75, 3.05) is 6.61 Å². The molecular weight excluding hydrogens is 596 g/mol. The van der Waals surface area contributed by atoms with Crippen molar-refractivity contribution in [3.63, 3.8) is 0 Å². The van der Waals surface area contributed by atoms with E-state index < -0.39 is 80.7 Å². The third kappa shape index (κ3) is 3.92. The van der Waals surface area contributed by atoms with Gasteiger partial charge < -0.3 is 28.1 Å². The second-order valence-electron chi connectivity index (χ2n) is 15.5. The summed E-state index contributed by atoms with van der Waals surface area (Å²) in [5.41, 5.74) is -7.21. The number of fused-ring (bicyclic) bond motifs is 5. The molecule has 1 aromatic heterocycles. The maximum Gasteiger partial charge on any atom is 0.351 e. The maximum absolute atomic E-state index is 14.1. The summed E-state index contributed by atoms with van der Waals surface area (Å²) in [6.45, 7) is 15.6. The van der Waals surface area contributed by atoms with Gasteiger partial charge in [0.2, 0.25) is 11.2 Å². The lowest BCUT2D eigenvalue weighted by molar-refractivity contribution is -0.203. The van der Waals surface area contributed by atoms with Crippen LogP contribution in [0.15, 0.2) is 33.5 Å². The second-order valence-corrected chi connectivity index (χ2v) is 15.5. The Morgan fingerprint density at radius 1 is 0.826 bits per heavy atom. The minimum absolute atomic E-state index is 0.282. The number of carbonyl (C=O) groups is 4. The Kier molecular flexibility index (Phi) is 6.67. The highest BCUT2D eigenvalue weighted by molar-refractivity contribution is 5.94.